The van der Waals surface area contributed by atoms with Gasteiger partial charge in [0.15, 0.2) is 5.82 Å². The highest BCUT2D eigenvalue weighted by Crippen LogP contribution is 2.25. The number of nitrogen functional groups attached to an aromatic ring is 1. The van der Waals surface area contributed by atoms with E-state index in [1.807, 2.05) is 0 Å². The molecule has 0 aliphatic heterocycles. The van der Waals surface area contributed by atoms with E-state index < -0.39 is 11.6 Å². The Bertz CT molecular complexity index is 816. The molecule has 0 bridgehead atoms. The van der Waals surface area contributed by atoms with Crippen molar-refractivity contribution < 1.29 is 8.78 Å². The van der Waals surface area contributed by atoms with E-state index in [1.165, 1.54) is 24.3 Å². The van der Waals surface area contributed by atoms with E-state index in [0.29, 0.717) is 10.9 Å². The predicted molar refractivity (Wildman–Crippen MR) is 74.0 cm³/mol. The molecule has 0 aliphatic rings. The maximum Gasteiger partial charge on any atom is 0.165 e. The van der Waals surface area contributed by atoms with Crippen LogP contribution < -0.4 is 5.73 Å². The Kier molecular flexibility index (Phi) is 2.82. The van der Waals surface area contributed by atoms with Gasteiger partial charge in [-0.3, -0.25) is 0 Å². The average molecular weight is 271 g/mol. The van der Waals surface area contributed by atoms with Gasteiger partial charge in [0, 0.05) is 5.39 Å². The fraction of sp³-hybridized carbons (Fsp3) is 0.0667. The summed E-state index contributed by atoms with van der Waals surface area (Å²) in [7, 11) is 0. The maximum absolute atomic E-state index is 14.0. The van der Waals surface area contributed by atoms with Crippen molar-refractivity contribution >= 4 is 16.7 Å². The third-order valence-corrected chi connectivity index (χ3v) is 3.05. The number of benzene rings is 2. The van der Waals surface area contributed by atoms with Crippen LogP contribution in [0.1, 0.15) is 5.56 Å². The van der Waals surface area contributed by atoms with Crippen LogP contribution in [0.15, 0.2) is 36.4 Å². The molecule has 0 fully saturated rings. The lowest BCUT2D eigenvalue weighted by atomic mass is 10.1. The SMILES string of the molecule is Cc1ccc(-c2nc(N)c3cc(F)ccc3n2)c(F)c1. The van der Waals surface area contributed by atoms with Gasteiger partial charge in [0.25, 0.3) is 0 Å². The summed E-state index contributed by atoms with van der Waals surface area (Å²) in [6.07, 6.45) is 0. The molecule has 2 N–H and O–H groups in total. The van der Waals surface area contributed by atoms with Crippen molar-refractivity contribution in [2.75, 3.05) is 5.73 Å². The minimum absolute atomic E-state index is 0.129. The van der Waals surface area contributed by atoms with E-state index >= 15 is 0 Å². The van der Waals surface area contributed by atoms with Gasteiger partial charge in [0.05, 0.1) is 11.1 Å². The number of nitrogens with zero attached hydrogens (tertiary/aromatic N) is 2. The number of hydrogen-bond acceptors (Lipinski definition) is 3. The second kappa shape index (κ2) is 4.52. The van der Waals surface area contributed by atoms with Crippen LogP contribution in [0.2, 0.25) is 0 Å². The van der Waals surface area contributed by atoms with Crippen LogP contribution >= 0.6 is 0 Å². The van der Waals surface area contributed by atoms with Crippen LogP contribution in [0.5, 0.6) is 0 Å². The molecule has 5 heteroatoms. The quantitative estimate of drug-likeness (QED) is 0.737. The molecule has 2 aromatic carbocycles. The van der Waals surface area contributed by atoms with Gasteiger partial charge >= 0.3 is 0 Å². The molecule has 100 valence electrons. The Hall–Kier alpha value is -2.56. The van der Waals surface area contributed by atoms with Gasteiger partial charge in [0.1, 0.15) is 17.5 Å². The number of fused-ring (bicyclic) bond motifs is 1. The van der Waals surface area contributed by atoms with Gasteiger partial charge in [-0.15, -0.1) is 0 Å². The molecule has 0 atom stereocenters. The Morgan fingerprint density at radius 3 is 2.55 bits per heavy atom. The first kappa shape index (κ1) is 12.5. The fourth-order valence-electron chi connectivity index (χ4n) is 2.05. The smallest absolute Gasteiger partial charge is 0.165 e. The van der Waals surface area contributed by atoms with Crippen molar-refractivity contribution in [3.05, 3.63) is 53.6 Å². The molecular formula is C15H11F2N3. The summed E-state index contributed by atoms with van der Waals surface area (Å²) in [6.45, 7) is 1.80. The van der Waals surface area contributed by atoms with Gasteiger partial charge in [0.2, 0.25) is 0 Å². The summed E-state index contributed by atoms with van der Waals surface area (Å²) < 4.78 is 27.1. The molecule has 0 saturated carbocycles. The number of anilines is 1. The van der Waals surface area contributed by atoms with Crippen LogP contribution in [0.25, 0.3) is 22.3 Å². The summed E-state index contributed by atoms with van der Waals surface area (Å²) in [4.78, 5) is 8.30. The number of hydrogen-bond donors (Lipinski definition) is 1. The second-order valence-corrected chi connectivity index (χ2v) is 4.58. The first-order valence-corrected chi connectivity index (χ1v) is 6.04. The monoisotopic (exact) mass is 271 g/mol. The van der Waals surface area contributed by atoms with E-state index in [9.17, 15) is 8.78 Å². The largest absolute Gasteiger partial charge is 0.383 e. The van der Waals surface area contributed by atoms with Gasteiger partial charge < -0.3 is 5.73 Å². The number of rotatable bonds is 1. The molecular weight excluding hydrogens is 260 g/mol. The molecule has 3 rings (SSSR count). The first-order chi connectivity index (χ1) is 9.54. The molecule has 0 saturated heterocycles. The van der Waals surface area contributed by atoms with E-state index in [1.54, 1.807) is 19.1 Å². The normalized spacial score (nSPS) is 10.9. The molecule has 1 heterocycles. The second-order valence-electron chi connectivity index (χ2n) is 4.58. The van der Waals surface area contributed by atoms with Crippen molar-refractivity contribution in [2.45, 2.75) is 6.92 Å². The lowest BCUT2D eigenvalue weighted by molar-refractivity contribution is 0.628. The highest BCUT2D eigenvalue weighted by Gasteiger charge is 2.12. The van der Waals surface area contributed by atoms with Crippen LogP contribution in [0, 0.1) is 18.6 Å². The molecule has 0 unspecified atom stereocenters. The average Bonchev–Trinajstić information content (AvgIpc) is 2.39. The first-order valence-electron chi connectivity index (χ1n) is 6.04. The molecule has 1 aromatic heterocycles. The fourth-order valence-corrected chi connectivity index (χ4v) is 2.05. The molecule has 20 heavy (non-hydrogen) atoms. The third-order valence-electron chi connectivity index (χ3n) is 3.05. The minimum Gasteiger partial charge on any atom is -0.383 e. The van der Waals surface area contributed by atoms with E-state index in [0.717, 1.165) is 5.56 Å². The highest BCUT2D eigenvalue weighted by molar-refractivity contribution is 5.89. The van der Waals surface area contributed by atoms with Crippen molar-refractivity contribution in [1.29, 1.82) is 0 Å². The molecule has 0 spiro atoms. The van der Waals surface area contributed by atoms with Crippen LogP contribution in [-0.2, 0) is 0 Å². The van der Waals surface area contributed by atoms with Gasteiger partial charge in [-0.05, 0) is 42.8 Å². The zero-order valence-corrected chi connectivity index (χ0v) is 10.7. The van der Waals surface area contributed by atoms with Crippen molar-refractivity contribution in [3.63, 3.8) is 0 Å². The summed E-state index contributed by atoms with van der Waals surface area (Å²) >= 11 is 0. The van der Waals surface area contributed by atoms with Crippen molar-refractivity contribution in [1.82, 2.24) is 9.97 Å². The Balaban J connectivity index is 2.24. The summed E-state index contributed by atoms with van der Waals surface area (Å²) in [5.41, 5.74) is 7.36. The molecule has 0 amide bonds. The molecule has 0 radical (unpaired) electrons. The number of aromatic nitrogens is 2. The number of aryl methyl sites for hydroxylation is 1. The minimum atomic E-state index is -0.415. The third kappa shape index (κ3) is 2.07. The Labute approximate surface area is 114 Å². The highest BCUT2D eigenvalue weighted by atomic mass is 19.1. The van der Waals surface area contributed by atoms with E-state index in [4.69, 9.17) is 5.73 Å². The van der Waals surface area contributed by atoms with E-state index in [2.05, 4.69) is 9.97 Å². The lowest BCUT2D eigenvalue weighted by Crippen LogP contribution is -1.99. The zero-order chi connectivity index (χ0) is 14.3. The van der Waals surface area contributed by atoms with Crippen molar-refractivity contribution in [3.8, 4) is 11.4 Å². The van der Waals surface area contributed by atoms with Crippen LogP contribution in [0.3, 0.4) is 0 Å². The molecule has 3 aromatic rings. The number of halogens is 2. The predicted octanol–water partition coefficient (Wildman–Crippen LogP) is 3.47. The van der Waals surface area contributed by atoms with Crippen LogP contribution in [0.4, 0.5) is 14.6 Å². The lowest BCUT2D eigenvalue weighted by Gasteiger charge is -2.07. The summed E-state index contributed by atoms with van der Waals surface area (Å²) in [5, 5.41) is 0.418. The van der Waals surface area contributed by atoms with E-state index in [-0.39, 0.29) is 17.2 Å². The number of nitrogens with two attached hydrogens (primary N) is 1. The molecule has 0 aliphatic carbocycles. The summed E-state index contributed by atoms with van der Waals surface area (Å²) in [6, 6.07) is 8.83. The Morgan fingerprint density at radius 2 is 1.80 bits per heavy atom. The van der Waals surface area contributed by atoms with Crippen LogP contribution in [-0.4, -0.2) is 9.97 Å². The van der Waals surface area contributed by atoms with Gasteiger partial charge in [-0.25, -0.2) is 18.7 Å². The topological polar surface area (TPSA) is 51.8 Å². The van der Waals surface area contributed by atoms with Crippen molar-refractivity contribution in [2.24, 2.45) is 0 Å². The Morgan fingerprint density at radius 1 is 1.00 bits per heavy atom. The maximum atomic E-state index is 14.0. The standard InChI is InChI=1S/C15H11F2N3/c1-8-2-4-10(12(17)6-8)15-19-13-5-3-9(16)7-11(13)14(18)20-15/h2-7H,1H3,(H2,18,19,20). The zero-order valence-electron chi connectivity index (χ0n) is 10.7. The van der Waals surface area contributed by atoms with Gasteiger partial charge in [-0.2, -0.15) is 0 Å². The molecule has 3 nitrogen and oxygen atoms in total. The van der Waals surface area contributed by atoms with Gasteiger partial charge in [-0.1, -0.05) is 6.07 Å². The summed E-state index contributed by atoms with van der Waals surface area (Å²) in [5.74, 6) is -0.503.